The first-order chi connectivity index (χ1) is 12.5. The van der Waals surface area contributed by atoms with Crippen molar-refractivity contribution in [3.05, 3.63) is 35.8 Å². The Morgan fingerprint density at radius 1 is 1.26 bits per heavy atom. The molecule has 1 saturated heterocycles. The summed E-state index contributed by atoms with van der Waals surface area (Å²) >= 11 is 0. The van der Waals surface area contributed by atoms with Crippen LogP contribution in [0.5, 0.6) is 0 Å². The van der Waals surface area contributed by atoms with Gasteiger partial charge in [-0.1, -0.05) is 6.07 Å². The minimum absolute atomic E-state index is 0.132. The zero-order valence-corrected chi connectivity index (χ0v) is 17.0. The summed E-state index contributed by atoms with van der Waals surface area (Å²) in [5.41, 5.74) is 5.54. The molecule has 0 spiro atoms. The summed E-state index contributed by atoms with van der Waals surface area (Å²) < 4.78 is 27.1. The molecule has 1 aliphatic heterocycles. The van der Waals surface area contributed by atoms with E-state index in [0.717, 1.165) is 0 Å². The van der Waals surface area contributed by atoms with Crippen LogP contribution in [0.25, 0.3) is 0 Å². The van der Waals surface area contributed by atoms with Crippen LogP contribution in [0, 0.1) is 12.7 Å². The Morgan fingerprint density at radius 3 is 2.30 bits per heavy atom. The molecule has 1 heterocycles. The fraction of sp³-hybridized carbons (Fsp3) is 0.474. The van der Waals surface area contributed by atoms with Crippen LogP contribution in [0.3, 0.4) is 0 Å². The topological polar surface area (TPSA) is 77.2 Å². The highest BCUT2D eigenvalue weighted by molar-refractivity contribution is 6.62. The molecule has 146 valence electrons. The van der Waals surface area contributed by atoms with Gasteiger partial charge in [-0.3, -0.25) is 9.79 Å². The maximum atomic E-state index is 15.1. The van der Waals surface area contributed by atoms with Crippen molar-refractivity contribution in [2.75, 3.05) is 19.0 Å². The summed E-state index contributed by atoms with van der Waals surface area (Å²) in [7, 11) is 2.29. The average Bonchev–Trinajstić information content (AvgIpc) is 2.81. The number of nitrogens with zero attached hydrogens (tertiary/aromatic N) is 2. The van der Waals surface area contributed by atoms with Gasteiger partial charge in [-0.15, -0.1) is 0 Å². The SMILES string of the molecule is CN=C(C=CN)C(=O)N(C)c1ccc(B2OC(C)(C)C(C)(C)O2)c(C)c1F. The maximum absolute atomic E-state index is 15.1. The van der Waals surface area contributed by atoms with E-state index in [9.17, 15) is 4.79 Å². The molecule has 0 unspecified atom stereocenters. The largest absolute Gasteiger partial charge is 0.495 e. The Bertz CT molecular complexity index is 790. The summed E-state index contributed by atoms with van der Waals surface area (Å²) in [6.45, 7) is 9.41. The average molecular weight is 375 g/mol. The number of hydrogen-bond donors (Lipinski definition) is 1. The minimum atomic E-state index is -0.674. The molecule has 1 aliphatic rings. The van der Waals surface area contributed by atoms with E-state index in [-0.39, 0.29) is 11.4 Å². The van der Waals surface area contributed by atoms with Crippen molar-refractivity contribution in [2.45, 2.75) is 45.8 Å². The number of anilines is 1. The van der Waals surface area contributed by atoms with Crippen LogP contribution in [0.2, 0.25) is 0 Å². The van der Waals surface area contributed by atoms with Crippen LogP contribution in [0.4, 0.5) is 10.1 Å². The van der Waals surface area contributed by atoms with Gasteiger partial charge >= 0.3 is 7.12 Å². The van der Waals surface area contributed by atoms with Crippen molar-refractivity contribution in [3.8, 4) is 0 Å². The van der Waals surface area contributed by atoms with Gasteiger partial charge < -0.3 is 19.9 Å². The first-order valence-corrected chi connectivity index (χ1v) is 8.74. The zero-order chi connectivity index (χ0) is 20.6. The summed E-state index contributed by atoms with van der Waals surface area (Å²) in [6, 6.07) is 3.27. The lowest BCUT2D eigenvalue weighted by Gasteiger charge is -2.32. The Labute approximate surface area is 160 Å². The second-order valence-corrected chi connectivity index (χ2v) is 7.53. The van der Waals surface area contributed by atoms with Gasteiger partial charge in [0.1, 0.15) is 11.5 Å². The second-order valence-electron chi connectivity index (χ2n) is 7.53. The molecular weight excluding hydrogens is 348 g/mol. The summed E-state index contributed by atoms with van der Waals surface area (Å²) in [6.07, 6.45) is 2.60. The Hall–Kier alpha value is -2.19. The normalized spacial score (nSPS) is 19.0. The quantitative estimate of drug-likeness (QED) is 0.645. The molecule has 2 N–H and O–H groups in total. The van der Waals surface area contributed by atoms with E-state index in [1.165, 1.54) is 31.3 Å². The van der Waals surface area contributed by atoms with Gasteiger partial charge in [0.05, 0.1) is 16.9 Å². The lowest BCUT2D eigenvalue weighted by atomic mass is 9.76. The zero-order valence-electron chi connectivity index (χ0n) is 17.0. The molecule has 1 amide bonds. The molecule has 2 rings (SSSR count). The third-order valence-corrected chi connectivity index (χ3v) is 5.30. The molecule has 1 aromatic carbocycles. The molecule has 6 nitrogen and oxygen atoms in total. The molecule has 0 radical (unpaired) electrons. The van der Waals surface area contributed by atoms with Crippen LogP contribution in [0.1, 0.15) is 33.3 Å². The van der Waals surface area contributed by atoms with Crippen molar-refractivity contribution in [1.29, 1.82) is 0 Å². The summed E-state index contributed by atoms with van der Waals surface area (Å²) in [5, 5.41) is 0. The number of halogens is 1. The van der Waals surface area contributed by atoms with E-state index in [2.05, 4.69) is 4.99 Å². The number of carbonyl (C=O) groups excluding carboxylic acids is 1. The maximum Gasteiger partial charge on any atom is 0.495 e. The van der Waals surface area contributed by atoms with Gasteiger partial charge in [0.2, 0.25) is 0 Å². The molecule has 1 fully saturated rings. The van der Waals surface area contributed by atoms with E-state index in [1.54, 1.807) is 19.1 Å². The van der Waals surface area contributed by atoms with E-state index in [0.29, 0.717) is 11.0 Å². The molecule has 0 aromatic heterocycles. The van der Waals surface area contributed by atoms with Crippen LogP contribution in [-0.4, -0.2) is 44.0 Å². The lowest BCUT2D eigenvalue weighted by Crippen LogP contribution is -2.41. The Morgan fingerprint density at radius 2 is 1.81 bits per heavy atom. The fourth-order valence-electron chi connectivity index (χ4n) is 2.78. The number of aliphatic imine (C=N–C) groups is 1. The molecule has 27 heavy (non-hydrogen) atoms. The smallest absolute Gasteiger partial charge is 0.405 e. The van der Waals surface area contributed by atoms with Crippen molar-refractivity contribution in [2.24, 2.45) is 10.7 Å². The van der Waals surface area contributed by atoms with Gasteiger partial charge in [0.15, 0.2) is 0 Å². The monoisotopic (exact) mass is 375 g/mol. The fourth-order valence-corrected chi connectivity index (χ4v) is 2.78. The first kappa shape index (κ1) is 21.1. The van der Waals surface area contributed by atoms with Gasteiger partial charge in [0.25, 0.3) is 5.91 Å². The highest BCUT2D eigenvalue weighted by Crippen LogP contribution is 2.37. The van der Waals surface area contributed by atoms with Gasteiger partial charge in [-0.2, -0.15) is 0 Å². The Balaban J connectivity index is 2.37. The summed E-state index contributed by atoms with van der Waals surface area (Å²) in [4.78, 5) is 17.6. The first-order valence-electron chi connectivity index (χ1n) is 8.74. The van der Waals surface area contributed by atoms with Crippen LogP contribution >= 0.6 is 0 Å². The van der Waals surface area contributed by atoms with E-state index >= 15 is 4.39 Å². The predicted molar refractivity (Wildman–Crippen MR) is 107 cm³/mol. The number of benzene rings is 1. The van der Waals surface area contributed by atoms with Crippen molar-refractivity contribution in [1.82, 2.24) is 0 Å². The number of nitrogens with two attached hydrogens (primary N) is 1. The molecule has 0 bridgehead atoms. The number of amides is 1. The van der Waals surface area contributed by atoms with Crippen molar-refractivity contribution in [3.63, 3.8) is 0 Å². The third kappa shape index (κ3) is 3.77. The van der Waals surface area contributed by atoms with Crippen LogP contribution in [0.15, 0.2) is 29.4 Å². The number of carbonyl (C=O) groups is 1. The summed E-state index contributed by atoms with van der Waals surface area (Å²) in [5.74, 6) is -0.967. The van der Waals surface area contributed by atoms with Gasteiger partial charge in [-0.25, -0.2) is 4.39 Å². The highest BCUT2D eigenvalue weighted by Gasteiger charge is 2.52. The highest BCUT2D eigenvalue weighted by atomic mass is 19.1. The lowest BCUT2D eigenvalue weighted by molar-refractivity contribution is -0.112. The van der Waals surface area contributed by atoms with Crippen molar-refractivity contribution >= 4 is 29.9 Å². The number of hydrogen-bond acceptors (Lipinski definition) is 5. The van der Waals surface area contributed by atoms with Crippen LogP contribution < -0.4 is 16.1 Å². The molecule has 0 aliphatic carbocycles. The Kier molecular flexibility index (Phi) is 5.82. The molecule has 0 saturated carbocycles. The number of rotatable bonds is 4. The van der Waals surface area contributed by atoms with Gasteiger partial charge in [-0.05, 0) is 64.0 Å². The molecular formula is C19H27BFN3O3. The predicted octanol–water partition coefficient (Wildman–Crippen LogP) is 1.94. The molecule has 1 aromatic rings. The van der Waals surface area contributed by atoms with Crippen molar-refractivity contribution < 1.29 is 18.5 Å². The molecule has 0 atom stereocenters. The second kappa shape index (κ2) is 7.44. The third-order valence-electron chi connectivity index (χ3n) is 5.30. The van der Waals surface area contributed by atoms with Gasteiger partial charge in [0, 0.05) is 14.1 Å². The van der Waals surface area contributed by atoms with E-state index < -0.39 is 30.0 Å². The van der Waals surface area contributed by atoms with Crippen LogP contribution in [-0.2, 0) is 14.1 Å². The standard InChI is InChI=1S/C19H27BFN3O3/c1-12-13(20-26-18(2,3)19(4,5)27-20)8-9-15(16(12)21)24(7)17(25)14(23-6)10-11-22/h8-11H,22H2,1-7H3. The van der Waals surface area contributed by atoms with E-state index in [4.69, 9.17) is 15.0 Å². The minimum Gasteiger partial charge on any atom is -0.405 e. The van der Waals surface area contributed by atoms with E-state index in [1.807, 2.05) is 27.7 Å². The molecule has 8 heteroatoms.